The molecule has 2 atom stereocenters. The first-order valence-electron chi connectivity index (χ1n) is 13.9. The summed E-state index contributed by atoms with van der Waals surface area (Å²) in [6.45, 7) is 6.14. The number of nitrogens with zero attached hydrogens (tertiary/aromatic N) is 3. The number of carbonyl (C=O) groups is 4. The first kappa shape index (κ1) is 29.8. The van der Waals surface area contributed by atoms with Gasteiger partial charge in [0.15, 0.2) is 5.78 Å². The van der Waals surface area contributed by atoms with Gasteiger partial charge in [-0.15, -0.1) is 0 Å². The van der Waals surface area contributed by atoms with Crippen molar-refractivity contribution in [1.29, 1.82) is 0 Å². The first-order chi connectivity index (χ1) is 20.4. The number of amidine groups is 1. The molecule has 1 aromatic heterocycles. The van der Waals surface area contributed by atoms with Gasteiger partial charge in [0.05, 0.1) is 18.0 Å². The zero-order chi connectivity index (χ0) is 30.9. The van der Waals surface area contributed by atoms with E-state index >= 15 is 0 Å². The highest BCUT2D eigenvalue weighted by molar-refractivity contribution is 6.30. The maximum absolute atomic E-state index is 14.4. The third-order valence-electron chi connectivity index (χ3n) is 7.05. The van der Waals surface area contributed by atoms with E-state index in [1.165, 1.54) is 4.90 Å². The summed E-state index contributed by atoms with van der Waals surface area (Å²) in [5, 5.41) is 3.32. The SMILES string of the molecule is CC(C)(C)Oc1cc(C(=O)CC(N)=O)ccc1C1=NC(c2ccc(Cl)cc2)C(c2cc[nH]c2)N1C(=O)N1CCNC(=O)C1. The number of nitrogens with two attached hydrogens (primary N) is 1. The Bertz CT molecular complexity index is 1580. The van der Waals surface area contributed by atoms with Crippen LogP contribution >= 0.6 is 11.6 Å². The molecule has 0 saturated carbocycles. The lowest BCUT2D eigenvalue weighted by atomic mass is 9.95. The lowest BCUT2D eigenvalue weighted by Gasteiger charge is -2.35. The third-order valence-corrected chi connectivity index (χ3v) is 7.30. The van der Waals surface area contributed by atoms with Crippen LogP contribution in [0.4, 0.5) is 4.79 Å². The molecule has 3 aromatic rings. The van der Waals surface area contributed by atoms with E-state index in [0.29, 0.717) is 35.3 Å². The van der Waals surface area contributed by atoms with Crippen LogP contribution in [0.25, 0.3) is 0 Å². The van der Waals surface area contributed by atoms with Crippen LogP contribution in [0.15, 0.2) is 65.9 Å². The summed E-state index contributed by atoms with van der Waals surface area (Å²) in [5.41, 5.74) is 6.93. The molecule has 3 heterocycles. The van der Waals surface area contributed by atoms with Crippen molar-refractivity contribution >= 4 is 41.1 Å². The maximum Gasteiger partial charge on any atom is 0.326 e. The molecule has 1 saturated heterocycles. The average molecular weight is 605 g/mol. The molecular weight excluding hydrogens is 572 g/mol. The second kappa shape index (κ2) is 11.9. The largest absolute Gasteiger partial charge is 0.487 e. The smallest absolute Gasteiger partial charge is 0.326 e. The average Bonchev–Trinajstić information content (AvgIpc) is 3.60. The van der Waals surface area contributed by atoms with Crippen molar-refractivity contribution in [2.75, 3.05) is 19.6 Å². The van der Waals surface area contributed by atoms with Crippen molar-refractivity contribution in [2.45, 2.75) is 44.9 Å². The van der Waals surface area contributed by atoms with Crippen LogP contribution in [0.1, 0.15) is 66.3 Å². The molecule has 0 radical (unpaired) electrons. The highest BCUT2D eigenvalue weighted by Gasteiger charge is 2.45. The van der Waals surface area contributed by atoms with Crippen LogP contribution in [-0.4, -0.2) is 69.5 Å². The Balaban J connectivity index is 1.69. The van der Waals surface area contributed by atoms with Crippen molar-refractivity contribution in [3.63, 3.8) is 0 Å². The number of piperazine rings is 1. The lowest BCUT2D eigenvalue weighted by molar-refractivity contribution is -0.123. The molecule has 2 unspecified atom stereocenters. The number of aromatic amines is 1. The number of primary amides is 1. The van der Waals surface area contributed by atoms with Crippen LogP contribution in [0.5, 0.6) is 5.75 Å². The fourth-order valence-electron chi connectivity index (χ4n) is 5.22. The molecule has 2 aromatic carbocycles. The Morgan fingerprint density at radius 2 is 1.84 bits per heavy atom. The lowest BCUT2D eigenvalue weighted by Crippen LogP contribution is -2.55. The number of hydrogen-bond donors (Lipinski definition) is 3. The standard InChI is InChI=1S/C31H33ClN6O5/c1-31(2,3)43-24-14-19(23(39)15-25(33)40)6-9-22(24)29-36-27(18-4-7-21(32)8-5-18)28(20-10-11-34-16-20)38(29)30(42)37-13-12-35-26(41)17-37/h4-11,14,16,27-28,34H,12-13,15,17H2,1-3H3,(H2,33,40)(H,35,41). The highest BCUT2D eigenvalue weighted by atomic mass is 35.5. The zero-order valence-corrected chi connectivity index (χ0v) is 24.9. The molecule has 2 aliphatic rings. The van der Waals surface area contributed by atoms with Crippen LogP contribution in [0, 0.1) is 0 Å². The van der Waals surface area contributed by atoms with E-state index in [9.17, 15) is 19.2 Å². The summed E-state index contributed by atoms with van der Waals surface area (Å²) in [4.78, 5) is 62.2. The summed E-state index contributed by atoms with van der Waals surface area (Å²) in [5.74, 6) is -0.827. The number of carbonyl (C=O) groups excluding carboxylic acids is 4. The molecule has 0 aliphatic carbocycles. The Morgan fingerprint density at radius 3 is 2.47 bits per heavy atom. The van der Waals surface area contributed by atoms with Gasteiger partial charge in [-0.1, -0.05) is 29.8 Å². The Hall–Kier alpha value is -4.64. The summed E-state index contributed by atoms with van der Waals surface area (Å²) < 4.78 is 6.33. The van der Waals surface area contributed by atoms with Crippen LogP contribution in [-0.2, 0) is 9.59 Å². The van der Waals surface area contributed by atoms with Crippen molar-refractivity contribution in [2.24, 2.45) is 10.7 Å². The quantitative estimate of drug-likeness (QED) is 0.275. The molecule has 0 spiro atoms. The van der Waals surface area contributed by atoms with Crippen molar-refractivity contribution < 1.29 is 23.9 Å². The topological polar surface area (TPSA) is 150 Å². The molecule has 43 heavy (non-hydrogen) atoms. The van der Waals surface area contributed by atoms with Gasteiger partial charge in [-0.25, -0.2) is 4.79 Å². The van der Waals surface area contributed by atoms with Gasteiger partial charge in [0.1, 0.15) is 29.8 Å². The Morgan fingerprint density at radius 1 is 1.09 bits per heavy atom. The summed E-state index contributed by atoms with van der Waals surface area (Å²) in [7, 11) is 0. The van der Waals surface area contributed by atoms with Gasteiger partial charge >= 0.3 is 6.03 Å². The molecule has 4 N–H and O–H groups in total. The molecule has 4 amide bonds. The number of amides is 4. The first-order valence-corrected chi connectivity index (χ1v) is 14.2. The normalized spacial score (nSPS) is 18.7. The summed E-state index contributed by atoms with van der Waals surface area (Å²) in [6, 6.07) is 12.4. The number of urea groups is 1. The predicted octanol–water partition coefficient (Wildman–Crippen LogP) is 4.00. The molecule has 1 fully saturated rings. The molecular formula is C31H33ClN6O5. The van der Waals surface area contributed by atoms with Gasteiger partial charge in [-0.3, -0.25) is 24.3 Å². The number of Topliss-reactive ketones (excluding diaryl/α,β-unsaturated/α-hetero) is 1. The summed E-state index contributed by atoms with van der Waals surface area (Å²) in [6.07, 6.45) is 3.13. The van der Waals surface area contributed by atoms with Crippen LogP contribution < -0.4 is 15.8 Å². The third kappa shape index (κ3) is 6.56. The molecule has 2 aliphatic heterocycles. The van der Waals surface area contributed by atoms with E-state index in [1.807, 2.05) is 45.2 Å². The number of ether oxygens (including phenoxy) is 1. The number of ketones is 1. The molecule has 224 valence electrons. The van der Waals surface area contributed by atoms with Gasteiger partial charge in [-0.2, -0.15) is 0 Å². The Labute approximate surface area is 254 Å². The number of nitrogens with one attached hydrogen (secondary N) is 2. The van der Waals surface area contributed by atoms with Gasteiger partial charge in [0.25, 0.3) is 0 Å². The summed E-state index contributed by atoms with van der Waals surface area (Å²) >= 11 is 6.20. The second-order valence-electron chi connectivity index (χ2n) is 11.5. The number of benzene rings is 2. The minimum Gasteiger partial charge on any atom is -0.487 e. The highest BCUT2D eigenvalue weighted by Crippen LogP contribution is 2.45. The number of halogens is 1. The van der Waals surface area contributed by atoms with E-state index < -0.39 is 41.8 Å². The fraction of sp³-hybridized carbons (Fsp3) is 0.323. The van der Waals surface area contributed by atoms with Crippen LogP contribution in [0.3, 0.4) is 0 Å². The van der Waals surface area contributed by atoms with E-state index in [2.05, 4.69) is 10.3 Å². The minimum atomic E-state index is -0.741. The number of rotatable bonds is 7. The molecule has 12 heteroatoms. The minimum absolute atomic E-state index is 0.0972. The van der Waals surface area contributed by atoms with Gasteiger partial charge in [0, 0.05) is 36.1 Å². The number of hydrogen-bond acceptors (Lipinski definition) is 6. The van der Waals surface area contributed by atoms with Gasteiger partial charge in [0.2, 0.25) is 11.8 Å². The molecule has 0 bridgehead atoms. The van der Waals surface area contributed by atoms with Crippen molar-refractivity contribution in [1.82, 2.24) is 20.1 Å². The van der Waals surface area contributed by atoms with E-state index in [4.69, 9.17) is 27.1 Å². The van der Waals surface area contributed by atoms with E-state index in [1.54, 1.807) is 41.4 Å². The number of H-pyrrole nitrogens is 1. The van der Waals surface area contributed by atoms with E-state index in [0.717, 1.165) is 11.1 Å². The van der Waals surface area contributed by atoms with Gasteiger partial charge in [-0.05, 0) is 62.2 Å². The van der Waals surface area contributed by atoms with Crippen molar-refractivity contribution in [3.05, 3.63) is 88.2 Å². The molecule has 11 nitrogen and oxygen atoms in total. The Kier molecular flexibility index (Phi) is 8.27. The second-order valence-corrected chi connectivity index (χ2v) is 11.9. The molecule has 5 rings (SSSR count). The maximum atomic E-state index is 14.4. The zero-order valence-electron chi connectivity index (χ0n) is 24.1. The number of aromatic nitrogens is 1. The predicted molar refractivity (Wildman–Crippen MR) is 161 cm³/mol. The van der Waals surface area contributed by atoms with Gasteiger partial charge < -0.3 is 25.7 Å². The van der Waals surface area contributed by atoms with Crippen LogP contribution in [0.2, 0.25) is 5.02 Å². The number of aliphatic imine (C=N–C) groups is 1. The van der Waals surface area contributed by atoms with Crippen molar-refractivity contribution in [3.8, 4) is 5.75 Å². The fourth-order valence-corrected chi connectivity index (χ4v) is 5.35. The van der Waals surface area contributed by atoms with E-state index in [-0.39, 0.29) is 18.0 Å². The monoisotopic (exact) mass is 604 g/mol.